The molecule has 32 heavy (non-hydrogen) atoms. The lowest BCUT2D eigenvalue weighted by Crippen LogP contribution is -2.44. The van der Waals surface area contributed by atoms with Gasteiger partial charge in [0.05, 0.1) is 12.3 Å². The molecule has 4 heteroatoms. The quantitative estimate of drug-likeness (QED) is 0.363. The summed E-state index contributed by atoms with van der Waals surface area (Å²) in [4.78, 5) is 13.6. The predicted molar refractivity (Wildman–Crippen MR) is 136 cm³/mol. The molecule has 4 aromatic rings. The lowest BCUT2D eigenvalue weighted by atomic mass is 9.96. The number of aliphatic imine (C=N–C) groups is 2. The molecule has 3 heterocycles. The normalized spacial score (nSPS) is 16.8. The first-order valence-corrected chi connectivity index (χ1v) is 12.1. The Bertz CT molecular complexity index is 1330. The maximum Gasteiger partial charge on any atom is 0.155 e. The summed E-state index contributed by atoms with van der Waals surface area (Å²) in [6.07, 6.45) is 0. The van der Waals surface area contributed by atoms with Crippen LogP contribution in [0.25, 0.3) is 21.2 Å². The third-order valence-electron chi connectivity index (χ3n) is 6.43. The van der Waals surface area contributed by atoms with Gasteiger partial charge in [0.15, 0.2) is 5.84 Å². The third kappa shape index (κ3) is 3.60. The van der Waals surface area contributed by atoms with Crippen LogP contribution in [0.4, 0.5) is 0 Å². The van der Waals surface area contributed by atoms with Gasteiger partial charge in [-0.2, -0.15) is 0 Å². The molecular weight excluding hydrogens is 410 g/mol. The van der Waals surface area contributed by atoms with Crippen LogP contribution in [-0.4, -0.2) is 36.1 Å². The van der Waals surface area contributed by atoms with Crippen LogP contribution in [0, 0.1) is 5.92 Å². The Kier molecular flexibility index (Phi) is 4.97. The van der Waals surface area contributed by atoms with E-state index < -0.39 is 0 Å². The number of likely N-dealkylation sites (tertiary alicyclic amines) is 1. The summed E-state index contributed by atoms with van der Waals surface area (Å²) in [5.41, 5.74) is 5.97. The molecule has 1 fully saturated rings. The number of amidine groups is 1. The second-order valence-corrected chi connectivity index (χ2v) is 9.82. The molecule has 3 nitrogen and oxygen atoms in total. The van der Waals surface area contributed by atoms with Crippen LogP contribution in [0.3, 0.4) is 0 Å². The zero-order chi connectivity index (χ0) is 21.5. The Balaban J connectivity index is 1.29. The number of hydrogen-bond donors (Lipinski definition) is 0. The molecular formula is C28H25N3S. The minimum Gasteiger partial charge on any atom is -0.298 e. The Morgan fingerprint density at radius 3 is 2.41 bits per heavy atom. The summed E-state index contributed by atoms with van der Waals surface area (Å²) in [5.74, 6) is 1.67. The number of benzene rings is 3. The highest BCUT2D eigenvalue weighted by Crippen LogP contribution is 2.29. The fourth-order valence-corrected chi connectivity index (χ4v) is 5.54. The average molecular weight is 436 g/mol. The van der Waals surface area contributed by atoms with E-state index in [4.69, 9.17) is 9.98 Å². The highest BCUT2D eigenvalue weighted by molar-refractivity contribution is 7.13. The molecule has 0 aliphatic carbocycles. The van der Waals surface area contributed by atoms with Crippen molar-refractivity contribution < 1.29 is 0 Å². The lowest BCUT2D eigenvalue weighted by Gasteiger charge is -2.37. The van der Waals surface area contributed by atoms with Gasteiger partial charge in [-0.25, -0.2) is 4.99 Å². The van der Waals surface area contributed by atoms with Crippen molar-refractivity contribution in [2.24, 2.45) is 15.9 Å². The van der Waals surface area contributed by atoms with E-state index in [1.807, 2.05) is 0 Å². The molecule has 0 saturated carbocycles. The van der Waals surface area contributed by atoms with Crippen molar-refractivity contribution >= 4 is 33.7 Å². The summed E-state index contributed by atoms with van der Waals surface area (Å²) >= 11 is 1.77. The Labute approximate surface area is 192 Å². The van der Waals surface area contributed by atoms with Crippen molar-refractivity contribution in [3.8, 4) is 10.4 Å². The van der Waals surface area contributed by atoms with Gasteiger partial charge in [-0.1, -0.05) is 73.7 Å². The first-order chi connectivity index (χ1) is 15.7. The van der Waals surface area contributed by atoms with Gasteiger partial charge >= 0.3 is 0 Å². The van der Waals surface area contributed by atoms with Crippen LogP contribution in [0.5, 0.6) is 0 Å². The Morgan fingerprint density at radius 2 is 1.66 bits per heavy atom. The van der Waals surface area contributed by atoms with Gasteiger partial charge < -0.3 is 0 Å². The molecule has 0 amide bonds. The summed E-state index contributed by atoms with van der Waals surface area (Å²) in [6, 6.07) is 26.1. The number of fused-ring (bicyclic) bond motifs is 1. The van der Waals surface area contributed by atoms with E-state index in [1.54, 1.807) is 11.3 Å². The maximum atomic E-state index is 4.96. The topological polar surface area (TPSA) is 28.0 Å². The number of rotatable bonds is 5. The molecule has 0 bridgehead atoms. The summed E-state index contributed by atoms with van der Waals surface area (Å²) < 4.78 is 0. The monoisotopic (exact) mass is 435 g/mol. The Hall–Kier alpha value is -3.08. The van der Waals surface area contributed by atoms with Crippen molar-refractivity contribution in [1.82, 2.24) is 4.90 Å². The lowest BCUT2D eigenvalue weighted by molar-refractivity contribution is 0.105. The highest BCUT2D eigenvalue weighted by atomic mass is 32.1. The molecule has 1 aromatic heterocycles. The standard InChI is InChI=1S/C28H25N3S/c1-19-16-31(17-19)18-22-12-13-25(24-6-3-2-5-23(22)24)28-29-15-26(30-28)20-8-10-21(11-9-20)27-7-4-14-32-27/h2-14,19H,15-18H2,1H3. The van der Waals surface area contributed by atoms with Crippen LogP contribution in [0.2, 0.25) is 0 Å². The van der Waals surface area contributed by atoms with Crippen LogP contribution in [-0.2, 0) is 6.54 Å². The van der Waals surface area contributed by atoms with Gasteiger partial charge in [-0.3, -0.25) is 9.89 Å². The van der Waals surface area contributed by atoms with E-state index in [-0.39, 0.29) is 0 Å². The molecule has 0 radical (unpaired) electrons. The van der Waals surface area contributed by atoms with Crippen LogP contribution < -0.4 is 0 Å². The number of thiophene rings is 1. The van der Waals surface area contributed by atoms with Crippen molar-refractivity contribution in [1.29, 1.82) is 0 Å². The molecule has 1 saturated heterocycles. The molecule has 3 aromatic carbocycles. The number of nitrogens with zero attached hydrogens (tertiary/aromatic N) is 3. The first kappa shape index (κ1) is 19.6. The molecule has 158 valence electrons. The van der Waals surface area contributed by atoms with E-state index in [0.717, 1.165) is 35.1 Å². The smallest absolute Gasteiger partial charge is 0.155 e. The molecule has 6 rings (SSSR count). The fourth-order valence-electron chi connectivity index (χ4n) is 4.81. The average Bonchev–Trinajstić information content (AvgIpc) is 3.51. The minimum atomic E-state index is 0.634. The molecule has 0 atom stereocenters. The van der Waals surface area contributed by atoms with Crippen molar-refractivity contribution in [2.45, 2.75) is 13.5 Å². The van der Waals surface area contributed by atoms with Crippen LogP contribution in [0.1, 0.15) is 23.6 Å². The maximum absolute atomic E-state index is 4.96. The molecule has 0 N–H and O–H groups in total. The van der Waals surface area contributed by atoms with Crippen LogP contribution >= 0.6 is 11.3 Å². The van der Waals surface area contributed by atoms with Crippen molar-refractivity contribution in [3.05, 3.63) is 94.9 Å². The van der Waals surface area contributed by atoms with E-state index >= 15 is 0 Å². The second-order valence-electron chi connectivity index (χ2n) is 8.87. The molecule has 0 unspecified atom stereocenters. The predicted octanol–water partition coefficient (Wildman–Crippen LogP) is 6.27. The molecule has 2 aliphatic rings. The van der Waals surface area contributed by atoms with Crippen molar-refractivity contribution in [3.63, 3.8) is 0 Å². The van der Waals surface area contributed by atoms with Crippen molar-refractivity contribution in [2.75, 3.05) is 19.6 Å². The van der Waals surface area contributed by atoms with Gasteiger partial charge in [-0.05, 0) is 44.8 Å². The Morgan fingerprint density at radius 1 is 0.875 bits per heavy atom. The van der Waals surface area contributed by atoms with Gasteiger partial charge in [-0.15, -0.1) is 11.3 Å². The zero-order valence-corrected chi connectivity index (χ0v) is 19.0. The SMILES string of the molecule is CC1CN(Cc2ccc(C3=NCC(c4ccc(-c5cccs5)cc4)=N3)c3ccccc23)C1. The molecule has 0 spiro atoms. The summed E-state index contributed by atoms with van der Waals surface area (Å²) in [5, 5.41) is 4.68. The second kappa shape index (κ2) is 8.12. The zero-order valence-electron chi connectivity index (χ0n) is 18.2. The van der Waals surface area contributed by atoms with Gasteiger partial charge in [0.2, 0.25) is 0 Å². The largest absolute Gasteiger partial charge is 0.298 e. The van der Waals surface area contributed by atoms with E-state index in [0.29, 0.717) is 6.54 Å². The molecule has 2 aliphatic heterocycles. The van der Waals surface area contributed by atoms with Gasteiger partial charge in [0.1, 0.15) is 0 Å². The van der Waals surface area contributed by atoms with Gasteiger partial charge in [0.25, 0.3) is 0 Å². The highest BCUT2D eigenvalue weighted by Gasteiger charge is 2.23. The minimum absolute atomic E-state index is 0.634. The van der Waals surface area contributed by atoms with E-state index in [9.17, 15) is 0 Å². The van der Waals surface area contributed by atoms with Gasteiger partial charge in [0, 0.05) is 30.1 Å². The third-order valence-corrected chi connectivity index (χ3v) is 7.35. The van der Waals surface area contributed by atoms with Crippen LogP contribution in [0.15, 0.2) is 88.2 Å². The summed E-state index contributed by atoms with van der Waals surface area (Å²) in [7, 11) is 0. The first-order valence-electron chi connectivity index (χ1n) is 11.2. The van der Waals surface area contributed by atoms with E-state index in [2.05, 4.69) is 90.0 Å². The number of hydrogen-bond acceptors (Lipinski definition) is 4. The summed E-state index contributed by atoms with van der Waals surface area (Å²) in [6.45, 7) is 6.36. The van der Waals surface area contributed by atoms with E-state index in [1.165, 1.54) is 39.9 Å². The fraction of sp³-hybridized carbons (Fsp3) is 0.214.